The highest BCUT2D eigenvalue weighted by Gasteiger charge is 2.05. The van der Waals surface area contributed by atoms with Gasteiger partial charge in [0, 0.05) is 36.2 Å². The molecule has 1 aromatic carbocycles. The summed E-state index contributed by atoms with van der Waals surface area (Å²) < 4.78 is 5.79. The fourth-order valence-electron chi connectivity index (χ4n) is 2.44. The van der Waals surface area contributed by atoms with Crippen molar-refractivity contribution in [2.75, 3.05) is 18.5 Å². The zero-order valence-electron chi connectivity index (χ0n) is 13.3. The van der Waals surface area contributed by atoms with E-state index in [4.69, 9.17) is 4.74 Å². The molecular formula is C19H21N3O. The van der Waals surface area contributed by atoms with E-state index in [0.29, 0.717) is 12.5 Å². The summed E-state index contributed by atoms with van der Waals surface area (Å²) in [6.07, 6.45) is 5.43. The number of nitrogens with one attached hydrogen (secondary N) is 1. The molecule has 1 atom stereocenters. The molecule has 3 aromatic rings. The van der Waals surface area contributed by atoms with E-state index in [2.05, 4.69) is 34.3 Å². The number of fused-ring (bicyclic) bond motifs is 1. The Balaban J connectivity index is 1.49. The van der Waals surface area contributed by atoms with Gasteiger partial charge in [-0.25, -0.2) is 0 Å². The summed E-state index contributed by atoms with van der Waals surface area (Å²) in [5.41, 5.74) is 3.23. The van der Waals surface area contributed by atoms with E-state index in [1.165, 1.54) is 5.56 Å². The summed E-state index contributed by atoms with van der Waals surface area (Å²) >= 11 is 0. The van der Waals surface area contributed by atoms with Crippen LogP contribution in [0, 0.1) is 5.92 Å². The Hall–Kier alpha value is -2.46. The highest BCUT2D eigenvalue weighted by atomic mass is 16.5. The van der Waals surface area contributed by atoms with Crippen molar-refractivity contribution in [3.05, 3.63) is 66.6 Å². The number of pyridine rings is 2. The van der Waals surface area contributed by atoms with E-state index in [0.717, 1.165) is 29.7 Å². The number of aromatic nitrogens is 2. The van der Waals surface area contributed by atoms with Gasteiger partial charge in [0.05, 0.1) is 18.7 Å². The first-order valence-electron chi connectivity index (χ1n) is 7.87. The highest BCUT2D eigenvalue weighted by molar-refractivity contribution is 5.90. The average molecular weight is 307 g/mol. The number of ether oxygens (including phenoxy) is 1. The SMILES string of the molecule is CC(CNc1ccnc2ccncc12)COCc1ccccc1. The number of nitrogens with zero attached hydrogens (tertiary/aromatic N) is 2. The molecule has 0 bridgehead atoms. The van der Waals surface area contributed by atoms with Crippen LogP contribution in [0.4, 0.5) is 5.69 Å². The molecule has 1 N–H and O–H groups in total. The van der Waals surface area contributed by atoms with Crippen molar-refractivity contribution in [1.82, 2.24) is 9.97 Å². The maximum Gasteiger partial charge on any atom is 0.0753 e. The van der Waals surface area contributed by atoms with Crippen LogP contribution in [0.3, 0.4) is 0 Å². The largest absolute Gasteiger partial charge is 0.384 e. The molecule has 0 amide bonds. The fourth-order valence-corrected chi connectivity index (χ4v) is 2.44. The second-order valence-corrected chi connectivity index (χ2v) is 5.74. The molecule has 4 nitrogen and oxygen atoms in total. The van der Waals surface area contributed by atoms with Crippen LogP contribution >= 0.6 is 0 Å². The minimum atomic E-state index is 0.415. The van der Waals surface area contributed by atoms with Crippen molar-refractivity contribution in [2.24, 2.45) is 5.92 Å². The van der Waals surface area contributed by atoms with Crippen LogP contribution in [0.5, 0.6) is 0 Å². The van der Waals surface area contributed by atoms with Crippen LogP contribution < -0.4 is 5.32 Å². The zero-order valence-corrected chi connectivity index (χ0v) is 13.3. The smallest absolute Gasteiger partial charge is 0.0753 e. The average Bonchev–Trinajstić information content (AvgIpc) is 2.61. The molecule has 0 spiro atoms. The molecule has 2 aromatic heterocycles. The predicted molar refractivity (Wildman–Crippen MR) is 93.3 cm³/mol. The summed E-state index contributed by atoms with van der Waals surface area (Å²) in [7, 11) is 0. The monoisotopic (exact) mass is 307 g/mol. The summed E-state index contributed by atoms with van der Waals surface area (Å²) in [6.45, 7) is 4.42. The van der Waals surface area contributed by atoms with Crippen LogP contribution in [0.1, 0.15) is 12.5 Å². The second-order valence-electron chi connectivity index (χ2n) is 5.74. The third kappa shape index (κ3) is 4.27. The first kappa shape index (κ1) is 15.4. The molecule has 4 heteroatoms. The van der Waals surface area contributed by atoms with Crippen LogP contribution in [-0.4, -0.2) is 23.1 Å². The number of hydrogen-bond donors (Lipinski definition) is 1. The molecule has 0 aliphatic rings. The summed E-state index contributed by atoms with van der Waals surface area (Å²) in [5, 5.41) is 4.52. The first-order chi connectivity index (χ1) is 11.3. The van der Waals surface area contributed by atoms with E-state index >= 15 is 0 Å². The minimum absolute atomic E-state index is 0.415. The van der Waals surface area contributed by atoms with E-state index in [9.17, 15) is 0 Å². The van der Waals surface area contributed by atoms with Gasteiger partial charge in [-0.1, -0.05) is 37.3 Å². The van der Waals surface area contributed by atoms with Gasteiger partial charge < -0.3 is 10.1 Å². The molecule has 1 unspecified atom stereocenters. The van der Waals surface area contributed by atoms with Gasteiger partial charge in [0.2, 0.25) is 0 Å². The Morgan fingerprint density at radius 1 is 1.09 bits per heavy atom. The van der Waals surface area contributed by atoms with Crippen LogP contribution in [0.15, 0.2) is 61.1 Å². The summed E-state index contributed by atoms with van der Waals surface area (Å²) in [4.78, 5) is 8.53. The first-order valence-corrected chi connectivity index (χ1v) is 7.87. The Labute approximate surface area is 136 Å². The maximum atomic E-state index is 5.79. The minimum Gasteiger partial charge on any atom is -0.384 e. The van der Waals surface area contributed by atoms with Crippen molar-refractivity contribution >= 4 is 16.6 Å². The van der Waals surface area contributed by atoms with Gasteiger partial charge in [0.1, 0.15) is 0 Å². The van der Waals surface area contributed by atoms with Crippen LogP contribution in [0.25, 0.3) is 10.9 Å². The lowest BCUT2D eigenvalue weighted by Crippen LogP contribution is -2.17. The Morgan fingerprint density at radius 3 is 2.83 bits per heavy atom. The van der Waals surface area contributed by atoms with Gasteiger partial charge in [-0.2, -0.15) is 0 Å². The van der Waals surface area contributed by atoms with Gasteiger partial charge in [0.15, 0.2) is 0 Å². The second kappa shape index (κ2) is 7.70. The lowest BCUT2D eigenvalue weighted by atomic mass is 10.1. The number of hydrogen-bond acceptors (Lipinski definition) is 4. The number of benzene rings is 1. The third-order valence-corrected chi connectivity index (χ3v) is 3.70. The van der Waals surface area contributed by atoms with E-state index in [1.807, 2.05) is 42.7 Å². The molecule has 0 saturated heterocycles. The van der Waals surface area contributed by atoms with Gasteiger partial charge in [-0.15, -0.1) is 0 Å². The predicted octanol–water partition coefficient (Wildman–Crippen LogP) is 3.89. The highest BCUT2D eigenvalue weighted by Crippen LogP contribution is 2.20. The summed E-state index contributed by atoms with van der Waals surface area (Å²) in [6, 6.07) is 14.2. The number of rotatable bonds is 7. The van der Waals surface area contributed by atoms with Gasteiger partial charge in [-0.05, 0) is 23.6 Å². The fraction of sp³-hybridized carbons (Fsp3) is 0.263. The molecule has 3 rings (SSSR count). The van der Waals surface area contributed by atoms with Gasteiger partial charge >= 0.3 is 0 Å². The molecule has 0 saturated carbocycles. The molecule has 23 heavy (non-hydrogen) atoms. The Kier molecular flexibility index (Phi) is 5.17. The van der Waals surface area contributed by atoms with E-state index < -0.39 is 0 Å². The van der Waals surface area contributed by atoms with Crippen molar-refractivity contribution in [3.8, 4) is 0 Å². The molecule has 0 aliphatic carbocycles. The van der Waals surface area contributed by atoms with Crippen molar-refractivity contribution in [3.63, 3.8) is 0 Å². The van der Waals surface area contributed by atoms with E-state index in [1.54, 1.807) is 6.20 Å². The molecule has 0 radical (unpaired) electrons. The third-order valence-electron chi connectivity index (χ3n) is 3.70. The van der Waals surface area contributed by atoms with Crippen LogP contribution in [0.2, 0.25) is 0 Å². The molecule has 2 heterocycles. The van der Waals surface area contributed by atoms with Gasteiger partial charge in [0.25, 0.3) is 0 Å². The molecular weight excluding hydrogens is 286 g/mol. The summed E-state index contributed by atoms with van der Waals surface area (Å²) in [5.74, 6) is 0.415. The van der Waals surface area contributed by atoms with Gasteiger partial charge in [-0.3, -0.25) is 9.97 Å². The maximum absolute atomic E-state index is 5.79. The standard InChI is InChI=1S/C19H21N3O/c1-15(13-23-14-16-5-3-2-4-6-16)11-22-19-8-10-21-18-7-9-20-12-17(18)19/h2-10,12,15H,11,13-14H2,1H3,(H,21,22). The van der Waals surface area contributed by atoms with Crippen molar-refractivity contribution in [2.45, 2.75) is 13.5 Å². The van der Waals surface area contributed by atoms with E-state index in [-0.39, 0.29) is 0 Å². The van der Waals surface area contributed by atoms with Crippen molar-refractivity contribution in [1.29, 1.82) is 0 Å². The Morgan fingerprint density at radius 2 is 1.96 bits per heavy atom. The zero-order chi connectivity index (χ0) is 15.9. The molecule has 0 aliphatic heterocycles. The topological polar surface area (TPSA) is 47.0 Å². The normalized spacial score (nSPS) is 12.2. The molecule has 118 valence electrons. The Bertz CT molecular complexity index is 740. The number of anilines is 1. The van der Waals surface area contributed by atoms with Crippen LogP contribution in [-0.2, 0) is 11.3 Å². The lowest BCUT2D eigenvalue weighted by molar-refractivity contribution is 0.0955. The molecule has 0 fully saturated rings. The lowest BCUT2D eigenvalue weighted by Gasteiger charge is -2.15. The van der Waals surface area contributed by atoms with Crippen molar-refractivity contribution < 1.29 is 4.74 Å². The quantitative estimate of drug-likeness (QED) is 0.719.